The van der Waals surface area contributed by atoms with Gasteiger partial charge in [-0.15, -0.1) is 0 Å². The summed E-state index contributed by atoms with van der Waals surface area (Å²) in [6, 6.07) is 6.09. The van der Waals surface area contributed by atoms with E-state index in [9.17, 15) is 5.11 Å². The van der Waals surface area contributed by atoms with Crippen molar-refractivity contribution in [3.63, 3.8) is 0 Å². The van der Waals surface area contributed by atoms with Crippen LogP contribution < -0.4 is 10.6 Å². The normalized spacial score (nSPS) is 24.4. The largest absolute Gasteiger partial charge is 0.508 e. The molecule has 1 aromatic carbocycles. The average molecular weight is 233 g/mol. The van der Waals surface area contributed by atoms with Gasteiger partial charge < -0.3 is 15.7 Å². The summed E-state index contributed by atoms with van der Waals surface area (Å²) >= 11 is 0. The third-order valence-corrected chi connectivity index (χ3v) is 3.60. The highest BCUT2D eigenvalue weighted by atomic mass is 16.3. The molecule has 4 heteroatoms. The molecule has 0 saturated carbocycles. The van der Waals surface area contributed by atoms with E-state index in [1.165, 1.54) is 11.3 Å². The van der Waals surface area contributed by atoms with Gasteiger partial charge in [-0.3, -0.25) is 4.90 Å². The van der Waals surface area contributed by atoms with Crippen molar-refractivity contribution in [1.29, 1.82) is 0 Å². The van der Waals surface area contributed by atoms with Gasteiger partial charge in [0.15, 0.2) is 0 Å². The molecule has 2 heterocycles. The second kappa shape index (κ2) is 4.55. The number of fused-ring (bicyclic) bond motifs is 1. The quantitative estimate of drug-likeness (QED) is 0.656. The van der Waals surface area contributed by atoms with E-state index < -0.39 is 0 Å². The Balaban J connectivity index is 1.61. The van der Waals surface area contributed by atoms with E-state index in [0.717, 1.165) is 39.1 Å². The number of phenolic OH excluding ortho intramolecular Hbond substituents is 1. The number of rotatable bonds is 2. The van der Waals surface area contributed by atoms with Crippen molar-refractivity contribution < 1.29 is 5.11 Å². The van der Waals surface area contributed by atoms with Crippen molar-refractivity contribution in [2.75, 3.05) is 38.0 Å². The van der Waals surface area contributed by atoms with Crippen LogP contribution >= 0.6 is 0 Å². The molecule has 1 saturated heterocycles. The number of hydrogen-bond donors (Lipinski definition) is 3. The molecule has 3 rings (SSSR count). The van der Waals surface area contributed by atoms with E-state index in [4.69, 9.17) is 0 Å². The van der Waals surface area contributed by atoms with Gasteiger partial charge in [0.25, 0.3) is 0 Å². The van der Waals surface area contributed by atoms with Gasteiger partial charge in [-0.2, -0.15) is 0 Å². The van der Waals surface area contributed by atoms with E-state index in [1.807, 2.05) is 12.1 Å². The maximum Gasteiger partial charge on any atom is 0.116 e. The van der Waals surface area contributed by atoms with Crippen LogP contribution in [0, 0.1) is 0 Å². The fourth-order valence-corrected chi connectivity index (χ4v) is 2.74. The molecule has 3 N–H and O–H groups in total. The predicted molar refractivity (Wildman–Crippen MR) is 68.5 cm³/mol. The van der Waals surface area contributed by atoms with Crippen LogP contribution in [0.5, 0.6) is 5.75 Å². The molecule has 0 radical (unpaired) electrons. The number of anilines is 1. The molecule has 0 amide bonds. The van der Waals surface area contributed by atoms with Crippen molar-refractivity contribution >= 4 is 5.69 Å². The number of nitrogens with zero attached hydrogens (tertiary/aromatic N) is 1. The first-order valence-corrected chi connectivity index (χ1v) is 6.33. The second-order valence-electron chi connectivity index (χ2n) is 4.94. The highest BCUT2D eigenvalue weighted by Gasteiger charge is 2.23. The minimum absolute atomic E-state index is 0.369. The van der Waals surface area contributed by atoms with E-state index in [-0.39, 0.29) is 0 Å². The lowest BCUT2D eigenvalue weighted by molar-refractivity contribution is 0.233. The van der Waals surface area contributed by atoms with Crippen LogP contribution in [-0.4, -0.2) is 48.8 Å². The van der Waals surface area contributed by atoms with E-state index >= 15 is 0 Å². The van der Waals surface area contributed by atoms with Crippen LogP contribution in [0.2, 0.25) is 0 Å². The first-order chi connectivity index (χ1) is 8.31. The van der Waals surface area contributed by atoms with Crippen molar-refractivity contribution in [2.45, 2.75) is 12.5 Å². The molecule has 1 aromatic rings. The summed E-state index contributed by atoms with van der Waals surface area (Å²) in [5, 5.41) is 16.4. The molecule has 0 bridgehead atoms. The molecule has 2 aliphatic rings. The first-order valence-electron chi connectivity index (χ1n) is 6.33. The summed E-state index contributed by atoms with van der Waals surface area (Å²) < 4.78 is 0. The number of phenols is 1. The summed E-state index contributed by atoms with van der Waals surface area (Å²) in [7, 11) is 0. The zero-order chi connectivity index (χ0) is 11.7. The van der Waals surface area contributed by atoms with Crippen LogP contribution in [0.4, 0.5) is 5.69 Å². The Morgan fingerprint density at radius 3 is 2.94 bits per heavy atom. The average Bonchev–Trinajstić information content (AvgIpc) is 2.71. The zero-order valence-electron chi connectivity index (χ0n) is 9.95. The smallest absolute Gasteiger partial charge is 0.116 e. The van der Waals surface area contributed by atoms with Gasteiger partial charge in [0.05, 0.1) is 0 Å². The number of aromatic hydroxyl groups is 1. The fourth-order valence-electron chi connectivity index (χ4n) is 2.74. The summed E-state index contributed by atoms with van der Waals surface area (Å²) in [5.41, 5.74) is 2.42. The summed E-state index contributed by atoms with van der Waals surface area (Å²) in [6.07, 6.45) is 1.02. The Labute approximate surface area is 102 Å². The minimum Gasteiger partial charge on any atom is -0.508 e. The van der Waals surface area contributed by atoms with Gasteiger partial charge in [0.2, 0.25) is 0 Å². The van der Waals surface area contributed by atoms with E-state index in [2.05, 4.69) is 15.5 Å². The van der Waals surface area contributed by atoms with E-state index in [0.29, 0.717) is 11.8 Å². The Bertz CT molecular complexity index is 402. The number of benzene rings is 1. The van der Waals surface area contributed by atoms with Gasteiger partial charge >= 0.3 is 0 Å². The molecular weight excluding hydrogens is 214 g/mol. The SMILES string of the molecule is Oc1ccc2c(c1)CC(CN1CCNCC1)N2. The van der Waals surface area contributed by atoms with Gasteiger partial charge in [-0.1, -0.05) is 0 Å². The van der Waals surface area contributed by atoms with Crippen LogP contribution in [0.15, 0.2) is 18.2 Å². The Morgan fingerprint density at radius 2 is 2.12 bits per heavy atom. The molecule has 1 unspecified atom stereocenters. The minimum atomic E-state index is 0.369. The fraction of sp³-hybridized carbons (Fsp3) is 0.538. The summed E-state index contributed by atoms with van der Waals surface area (Å²) in [6.45, 7) is 5.57. The second-order valence-corrected chi connectivity index (χ2v) is 4.94. The summed E-state index contributed by atoms with van der Waals surface area (Å²) in [5.74, 6) is 0.369. The van der Waals surface area contributed by atoms with Crippen molar-refractivity contribution in [2.24, 2.45) is 0 Å². The molecule has 1 atom stereocenters. The molecule has 17 heavy (non-hydrogen) atoms. The highest BCUT2D eigenvalue weighted by molar-refractivity contribution is 5.59. The van der Waals surface area contributed by atoms with Gasteiger partial charge in [-0.05, 0) is 30.2 Å². The zero-order valence-corrected chi connectivity index (χ0v) is 9.95. The van der Waals surface area contributed by atoms with Crippen molar-refractivity contribution in [3.05, 3.63) is 23.8 Å². The lowest BCUT2D eigenvalue weighted by atomic mass is 10.1. The van der Waals surface area contributed by atoms with Crippen molar-refractivity contribution in [3.8, 4) is 5.75 Å². The van der Waals surface area contributed by atoms with Crippen LogP contribution in [0.25, 0.3) is 0 Å². The number of hydrogen-bond acceptors (Lipinski definition) is 4. The molecular formula is C13H19N3O. The highest BCUT2D eigenvalue weighted by Crippen LogP contribution is 2.29. The molecule has 1 fully saturated rings. The first kappa shape index (κ1) is 10.9. The lowest BCUT2D eigenvalue weighted by Gasteiger charge is -2.29. The van der Waals surface area contributed by atoms with Gasteiger partial charge in [-0.25, -0.2) is 0 Å². The lowest BCUT2D eigenvalue weighted by Crippen LogP contribution is -2.47. The number of nitrogens with one attached hydrogen (secondary N) is 2. The molecule has 0 aliphatic carbocycles. The van der Waals surface area contributed by atoms with Gasteiger partial charge in [0.1, 0.15) is 5.75 Å². The maximum absolute atomic E-state index is 9.46. The molecule has 2 aliphatic heterocycles. The van der Waals surface area contributed by atoms with E-state index in [1.54, 1.807) is 6.07 Å². The number of piperazine rings is 1. The molecule has 0 aromatic heterocycles. The monoisotopic (exact) mass is 233 g/mol. The standard InChI is InChI=1S/C13H19N3O/c17-12-1-2-13-10(8-12)7-11(15-13)9-16-5-3-14-4-6-16/h1-2,8,11,14-15,17H,3-7,9H2. The predicted octanol–water partition coefficient (Wildman–Crippen LogP) is 0.634. The topological polar surface area (TPSA) is 47.5 Å². The Morgan fingerprint density at radius 1 is 1.29 bits per heavy atom. The maximum atomic E-state index is 9.46. The van der Waals surface area contributed by atoms with Crippen LogP contribution in [0.1, 0.15) is 5.56 Å². The summed E-state index contributed by atoms with van der Waals surface area (Å²) in [4.78, 5) is 2.50. The third-order valence-electron chi connectivity index (χ3n) is 3.60. The third kappa shape index (κ3) is 2.37. The molecule has 0 spiro atoms. The molecule has 92 valence electrons. The van der Waals surface area contributed by atoms with Crippen molar-refractivity contribution in [1.82, 2.24) is 10.2 Å². The Hall–Kier alpha value is -1.26. The molecule has 4 nitrogen and oxygen atoms in total. The van der Waals surface area contributed by atoms with Gasteiger partial charge in [0, 0.05) is 44.5 Å². The van der Waals surface area contributed by atoms with Crippen LogP contribution in [-0.2, 0) is 6.42 Å². The Kier molecular flexibility index (Phi) is 2.91. The van der Waals surface area contributed by atoms with Crippen LogP contribution in [0.3, 0.4) is 0 Å².